The number of carbonyl (C=O) groups excluding carboxylic acids is 1. The van der Waals surface area contributed by atoms with Crippen molar-refractivity contribution in [2.45, 2.75) is 18.4 Å². The van der Waals surface area contributed by atoms with Gasteiger partial charge in [-0.3, -0.25) is 4.79 Å². The number of nitrogens with two attached hydrogens (primary N) is 1. The van der Waals surface area contributed by atoms with E-state index in [0.717, 1.165) is 11.3 Å². The summed E-state index contributed by atoms with van der Waals surface area (Å²) in [6, 6.07) is 10.2. The van der Waals surface area contributed by atoms with Crippen molar-refractivity contribution in [1.29, 1.82) is 0 Å². The molecule has 2 rings (SSSR count). The molecule has 122 valence electrons. The summed E-state index contributed by atoms with van der Waals surface area (Å²) >= 11 is 0. The molecule has 0 atom stereocenters. The van der Waals surface area contributed by atoms with E-state index in [1.54, 1.807) is 0 Å². The summed E-state index contributed by atoms with van der Waals surface area (Å²) < 4.78 is 27.7. The summed E-state index contributed by atoms with van der Waals surface area (Å²) in [5, 5.41) is 7.48. The summed E-state index contributed by atoms with van der Waals surface area (Å²) in [7, 11) is -3.80. The van der Waals surface area contributed by atoms with Crippen LogP contribution in [0.2, 0.25) is 0 Å². The van der Waals surface area contributed by atoms with Gasteiger partial charge in [-0.25, -0.2) is 18.5 Å². The third kappa shape index (κ3) is 5.35. The third-order valence-corrected chi connectivity index (χ3v) is 3.73. The highest BCUT2D eigenvalue weighted by molar-refractivity contribution is 7.89. The van der Waals surface area contributed by atoms with E-state index in [-0.39, 0.29) is 10.9 Å². The zero-order chi connectivity index (χ0) is 16.9. The molecule has 1 aromatic heterocycles. The lowest BCUT2D eigenvalue weighted by Gasteiger charge is -2.08. The number of hydrogen-bond acceptors (Lipinski definition) is 5. The molecule has 0 radical (unpaired) electrons. The number of anilines is 1. The zero-order valence-electron chi connectivity index (χ0n) is 12.5. The predicted molar refractivity (Wildman–Crippen MR) is 85.6 cm³/mol. The molecular weight excluding hydrogens is 318 g/mol. The molecule has 0 fully saturated rings. The van der Waals surface area contributed by atoms with Crippen LogP contribution in [0, 0.1) is 0 Å². The predicted octanol–water partition coefficient (Wildman–Crippen LogP) is 1.31. The minimum Gasteiger partial charge on any atom is -0.492 e. The van der Waals surface area contributed by atoms with Gasteiger partial charge in [0.1, 0.15) is 5.75 Å². The third-order valence-electron chi connectivity index (χ3n) is 2.91. The smallest absolute Gasteiger partial charge is 0.255 e. The fourth-order valence-electron chi connectivity index (χ4n) is 1.91. The molecule has 0 spiro atoms. The summed E-state index contributed by atoms with van der Waals surface area (Å²) in [6.07, 6.45) is 1.94. The number of carbonyl (C=O) groups is 1. The van der Waals surface area contributed by atoms with Crippen molar-refractivity contribution >= 4 is 21.6 Å². The molecule has 0 unspecified atom stereocenters. The fourth-order valence-corrected chi connectivity index (χ4v) is 2.37. The van der Waals surface area contributed by atoms with Gasteiger partial charge >= 0.3 is 0 Å². The van der Waals surface area contributed by atoms with Gasteiger partial charge in [0, 0.05) is 19.0 Å². The normalized spacial score (nSPS) is 11.0. The zero-order valence-corrected chi connectivity index (χ0v) is 13.3. The molecule has 1 heterocycles. The molecule has 0 saturated carbocycles. The SMILES string of the molecule is CC(=O)Nc1cccc(CCOc2ccc(S(N)(=O)=O)nc2)c1. The number of pyridine rings is 1. The van der Waals surface area contributed by atoms with Crippen LogP contribution in [0.1, 0.15) is 12.5 Å². The first-order valence-corrected chi connectivity index (χ1v) is 8.37. The second kappa shape index (κ2) is 7.21. The molecule has 0 aliphatic carbocycles. The number of hydrogen-bond donors (Lipinski definition) is 2. The lowest BCUT2D eigenvalue weighted by Crippen LogP contribution is -2.13. The molecule has 0 aliphatic heterocycles. The summed E-state index contributed by atoms with van der Waals surface area (Å²) in [4.78, 5) is 14.8. The highest BCUT2D eigenvalue weighted by Crippen LogP contribution is 2.14. The largest absolute Gasteiger partial charge is 0.492 e. The number of nitrogens with zero attached hydrogens (tertiary/aromatic N) is 1. The van der Waals surface area contributed by atoms with E-state index in [2.05, 4.69) is 10.3 Å². The topological polar surface area (TPSA) is 111 Å². The number of primary sulfonamides is 1. The average molecular weight is 335 g/mol. The molecule has 0 saturated heterocycles. The first-order valence-electron chi connectivity index (χ1n) is 6.83. The van der Waals surface area contributed by atoms with Crippen LogP contribution in [0.4, 0.5) is 5.69 Å². The van der Waals surface area contributed by atoms with Crippen molar-refractivity contribution in [1.82, 2.24) is 4.98 Å². The Kier molecular flexibility index (Phi) is 5.30. The van der Waals surface area contributed by atoms with Gasteiger partial charge in [0.15, 0.2) is 5.03 Å². The van der Waals surface area contributed by atoms with Crippen LogP contribution in [-0.2, 0) is 21.2 Å². The van der Waals surface area contributed by atoms with E-state index in [1.807, 2.05) is 24.3 Å². The molecule has 3 N–H and O–H groups in total. The highest BCUT2D eigenvalue weighted by Gasteiger charge is 2.08. The van der Waals surface area contributed by atoms with Crippen molar-refractivity contribution in [3.05, 3.63) is 48.2 Å². The maximum absolute atomic E-state index is 11.1. The van der Waals surface area contributed by atoms with Gasteiger partial charge in [0.2, 0.25) is 5.91 Å². The second-order valence-corrected chi connectivity index (χ2v) is 6.37. The van der Waals surface area contributed by atoms with Gasteiger partial charge < -0.3 is 10.1 Å². The fraction of sp³-hybridized carbons (Fsp3) is 0.200. The molecule has 23 heavy (non-hydrogen) atoms. The molecule has 1 aromatic carbocycles. The van der Waals surface area contributed by atoms with Crippen LogP contribution in [0.25, 0.3) is 0 Å². The Labute approximate surface area is 134 Å². The van der Waals surface area contributed by atoms with Gasteiger partial charge in [-0.2, -0.15) is 0 Å². The Balaban J connectivity index is 1.91. The lowest BCUT2D eigenvalue weighted by atomic mass is 10.1. The quantitative estimate of drug-likeness (QED) is 0.826. The summed E-state index contributed by atoms with van der Waals surface area (Å²) in [5.41, 5.74) is 1.74. The van der Waals surface area contributed by atoms with Crippen molar-refractivity contribution in [3.63, 3.8) is 0 Å². The maximum atomic E-state index is 11.1. The minimum absolute atomic E-state index is 0.126. The van der Waals surface area contributed by atoms with E-state index < -0.39 is 10.0 Å². The molecule has 8 heteroatoms. The molecule has 1 amide bonds. The Morgan fingerprint density at radius 2 is 2.09 bits per heavy atom. The number of aromatic nitrogens is 1. The second-order valence-electron chi connectivity index (χ2n) is 4.86. The first kappa shape index (κ1) is 16.9. The Morgan fingerprint density at radius 1 is 1.30 bits per heavy atom. The van der Waals surface area contributed by atoms with Crippen LogP contribution in [0.15, 0.2) is 47.6 Å². The van der Waals surface area contributed by atoms with Crippen LogP contribution in [-0.4, -0.2) is 25.9 Å². The van der Waals surface area contributed by atoms with Crippen molar-refractivity contribution in [2.24, 2.45) is 5.14 Å². The average Bonchev–Trinajstić information content (AvgIpc) is 2.46. The number of ether oxygens (including phenoxy) is 1. The van der Waals surface area contributed by atoms with Gasteiger partial charge in [-0.1, -0.05) is 12.1 Å². The Hall–Kier alpha value is -2.45. The Morgan fingerprint density at radius 3 is 2.70 bits per heavy atom. The maximum Gasteiger partial charge on any atom is 0.255 e. The molecule has 0 bridgehead atoms. The van der Waals surface area contributed by atoms with E-state index >= 15 is 0 Å². The van der Waals surface area contributed by atoms with E-state index in [4.69, 9.17) is 9.88 Å². The van der Waals surface area contributed by atoms with Gasteiger partial charge in [-0.15, -0.1) is 0 Å². The molecule has 2 aromatic rings. The van der Waals surface area contributed by atoms with Gasteiger partial charge in [0.05, 0.1) is 12.8 Å². The number of nitrogens with one attached hydrogen (secondary N) is 1. The van der Waals surface area contributed by atoms with E-state index in [9.17, 15) is 13.2 Å². The summed E-state index contributed by atoms with van der Waals surface area (Å²) in [6.45, 7) is 1.84. The lowest BCUT2D eigenvalue weighted by molar-refractivity contribution is -0.114. The monoisotopic (exact) mass is 335 g/mol. The number of amides is 1. The molecule has 7 nitrogen and oxygen atoms in total. The number of sulfonamides is 1. The number of benzene rings is 1. The van der Waals surface area contributed by atoms with Gasteiger partial charge in [-0.05, 0) is 29.8 Å². The standard InChI is InChI=1S/C15H17N3O4S/c1-11(19)18-13-4-2-3-12(9-13)7-8-22-14-5-6-15(17-10-14)23(16,20)21/h2-6,9-10H,7-8H2,1H3,(H,18,19)(H2,16,20,21). The van der Waals surface area contributed by atoms with Crippen molar-refractivity contribution < 1.29 is 17.9 Å². The minimum atomic E-state index is -3.80. The summed E-state index contributed by atoms with van der Waals surface area (Å²) in [5.74, 6) is 0.329. The first-order chi connectivity index (χ1) is 10.8. The van der Waals surface area contributed by atoms with E-state index in [0.29, 0.717) is 18.8 Å². The van der Waals surface area contributed by atoms with Crippen LogP contribution >= 0.6 is 0 Å². The molecule has 0 aliphatic rings. The van der Waals surface area contributed by atoms with E-state index in [1.165, 1.54) is 25.3 Å². The van der Waals surface area contributed by atoms with Crippen LogP contribution < -0.4 is 15.2 Å². The molecular formula is C15H17N3O4S. The van der Waals surface area contributed by atoms with Crippen molar-refractivity contribution in [2.75, 3.05) is 11.9 Å². The Bertz CT molecular complexity index is 789. The van der Waals surface area contributed by atoms with Crippen LogP contribution in [0.5, 0.6) is 5.75 Å². The number of rotatable bonds is 6. The van der Waals surface area contributed by atoms with Gasteiger partial charge in [0.25, 0.3) is 10.0 Å². The van der Waals surface area contributed by atoms with Crippen LogP contribution in [0.3, 0.4) is 0 Å². The highest BCUT2D eigenvalue weighted by atomic mass is 32.2. The van der Waals surface area contributed by atoms with Crippen molar-refractivity contribution in [3.8, 4) is 5.75 Å².